The number of hydrogen-bond donors (Lipinski definition) is 0. The van der Waals surface area contributed by atoms with Gasteiger partial charge in [0.25, 0.3) is 16.5 Å². The van der Waals surface area contributed by atoms with E-state index in [-0.39, 0.29) is 5.75 Å². The average molecular weight is 586 g/mol. The molecule has 4 aromatic carbocycles. The van der Waals surface area contributed by atoms with Gasteiger partial charge in [0.1, 0.15) is 17.2 Å². The molecule has 1 heterocycles. The van der Waals surface area contributed by atoms with E-state index in [0.717, 1.165) is 17.4 Å². The summed E-state index contributed by atoms with van der Waals surface area (Å²) in [5.74, 6) is 4.02. The highest BCUT2D eigenvalue weighted by Gasteiger charge is 2.51. The maximum absolute atomic E-state index is 13.4. The highest BCUT2D eigenvalue weighted by atomic mass is 32.3. The molecule has 42 heavy (non-hydrogen) atoms. The zero-order valence-electron chi connectivity index (χ0n) is 24.0. The fraction of sp³-hybridized carbons (Fsp3) is 0.242. The molecule has 0 saturated carbocycles. The molecule has 6 nitrogen and oxygen atoms in total. The summed E-state index contributed by atoms with van der Waals surface area (Å²) in [6.07, 6.45) is 0.0285. The van der Waals surface area contributed by atoms with Crippen molar-refractivity contribution in [2.24, 2.45) is 0 Å². The first-order valence-electron chi connectivity index (χ1n) is 13.7. The van der Waals surface area contributed by atoms with Gasteiger partial charge in [-0.3, -0.25) is 0 Å². The van der Waals surface area contributed by atoms with Crippen LogP contribution in [0.25, 0.3) is 11.1 Å². The van der Waals surface area contributed by atoms with Crippen LogP contribution in [0.1, 0.15) is 50.7 Å². The van der Waals surface area contributed by atoms with Crippen molar-refractivity contribution in [1.82, 2.24) is 0 Å². The fourth-order valence-electron chi connectivity index (χ4n) is 5.12. The lowest BCUT2D eigenvalue weighted by atomic mass is 9.79. The summed E-state index contributed by atoms with van der Waals surface area (Å²) in [5, 5.41) is 0. The minimum atomic E-state index is -4.13. The molecule has 6 rings (SSSR count). The summed E-state index contributed by atoms with van der Waals surface area (Å²) >= 11 is 0. The van der Waals surface area contributed by atoms with E-state index in [0.29, 0.717) is 11.5 Å². The van der Waals surface area contributed by atoms with Crippen LogP contribution in [0.4, 0.5) is 3.89 Å². The quantitative estimate of drug-likeness (QED) is 0.0883. The van der Waals surface area contributed by atoms with Crippen molar-refractivity contribution in [3.63, 3.8) is 0 Å². The molecule has 1 saturated heterocycles. The number of ether oxygens (including phenoxy) is 2. The molecule has 0 bridgehead atoms. The molecule has 1 fully saturated rings. The van der Waals surface area contributed by atoms with Gasteiger partial charge >= 0.3 is 7.12 Å². The second-order valence-electron chi connectivity index (χ2n) is 11.6. The molecule has 2 atom stereocenters. The number of fused-ring (bicyclic) bond motifs is 3. The van der Waals surface area contributed by atoms with Crippen molar-refractivity contribution in [1.29, 1.82) is 0 Å². The third-order valence-corrected chi connectivity index (χ3v) is 8.47. The molecule has 1 aliphatic heterocycles. The number of rotatable bonds is 8. The minimum absolute atomic E-state index is 0.0795. The first kappa shape index (κ1) is 28.3. The molecule has 1 aliphatic carbocycles. The normalized spacial score (nSPS) is 18.5. The van der Waals surface area contributed by atoms with Crippen molar-refractivity contribution in [3.8, 4) is 28.4 Å². The summed E-state index contributed by atoms with van der Waals surface area (Å²) in [6, 6.07) is 28.3. The van der Waals surface area contributed by atoms with E-state index in [2.05, 4.69) is 36.2 Å². The zero-order valence-corrected chi connectivity index (χ0v) is 24.8. The lowest BCUT2D eigenvalue weighted by Crippen LogP contribution is -2.41. The number of benzene rings is 4. The van der Waals surface area contributed by atoms with E-state index >= 15 is 0 Å². The summed E-state index contributed by atoms with van der Waals surface area (Å²) in [4.78, 5) is 0. The van der Waals surface area contributed by atoms with Gasteiger partial charge in [-0.2, -0.15) is 4.21 Å². The Bertz CT molecular complexity index is 1700. The summed E-state index contributed by atoms with van der Waals surface area (Å²) in [5.41, 5.74) is 5.76. The highest BCUT2D eigenvalue weighted by Crippen LogP contribution is 2.39. The minimum Gasteiger partial charge on any atom is -0.451 e. The van der Waals surface area contributed by atoms with Gasteiger partial charge < -0.3 is 23.0 Å². The van der Waals surface area contributed by atoms with Crippen LogP contribution in [-0.4, -0.2) is 28.4 Å². The molecular formula is C33H32BFO6S. The third kappa shape index (κ3) is 5.77. The van der Waals surface area contributed by atoms with Gasteiger partial charge in [0.2, 0.25) is 0 Å². The fourth-order valence-corrected chi connectivity index (χ4v) is 5.52. The van der Waals surface area contributed by atoms with E-state index in [1.54, 1.807) is 12.1 Å². The van der Waals surface area contributed by atoms with Crippen LogP contribution in [0.3, 0.4) is 0 Å². The van der Waals surface area contributed by atoms with Gasteiger partial charge in [-0.05, 0) is 104 Å². The Hall–Kier alpha value is -3.79. The Morgan fingerprint density at radius 3 is 1.95 bits per heavy atom. The molecule has 0 amide bonds. The molecule has 0 radical (unpaired) electrons. The van der Waals surface area contributed by atoms with Gasteiger partial charge in [-0.15, -0.1) is 3.89 Å². The van der Waals surface area contributed by atoms with Crippen LogP contribution >= 0.6 is 0 Å². The van der Waals surface area contributed by atoms with Crippen molar-refractivity contribution >= 4 is 28.6 Å². The van der Waals surface area contributed by atoms with Crippen molar-refractivity contribution in [2.75, 3.05) is 0 Å². The van der Waals surface area contributed by atoms with Gasteiger partial charge in [-0.1, -0.05) is 48.5 Å². The van der Waals surface area contributed by atoms with E-state index in [1.165, 1.54) is 34.4 Å². The topological polar surface area (TPSA) is 63.2 Å². The van der Waals surface area contributed by atoms with Gasteiger partial charge in [-0.25, -0.2) is 0 Å². The van der Waals surface area contributed by atoms with E-state index in [9.17, 15) is 8.09 Å². The lowest BCUT2D eigenvalue weighted by Gasteiger charge is -2.32. The smallest absolute Gasteiger partial charge is 0.451 e. The number of halogens is 1. The molecule has 0 N–H and O–H groups in total. The maximum Gasteiger partial charge on any atom is 0.494 e. The second-order valence-corrected chi connectivity index (χ2v) is 12.8. The Balaban J connectivity index is 1.26. The molecule has 0 spiro atoms. The van der Waals surface area contributed by atoms with Crippen LogP contribution in [-0.2, 0) is 25.9 Å². The van der Waals surface area contributed by atoms with E-state index in [1.807, 2.05) is 64.1 Å². The maximum atomic E-state index is 13.4. The van der Waals surface area contributed by atoms with Crippen LogP contribution in [0.5, 0.6) is 17.2 Å². The SMILES string of the molecule is C=S(=O)(F)Oc1ccc(OC(Oc2ccc(B3OC(C)(C)C(C)(C)O3)cc2)c2ccc3c(c2)Cc2ccccc2-3)cc1. The lowest BCUT2D eigenvalue weighted by molar-refractivity contribution is 0.00377. The van der Waals surface area contributed by atoms with Crippen LogP contribution in [0.15, 0.2) is 91.0 Å². The molecular weight excluding hydrogens is 554 g/mol. The summed E-state index contributed by atoms with van der Waals surface area (Å²) in [7, 11) is -4.61. The Morgan fingerprint density at radius 2 is 1.33 bits per heavy atom. The van der Waals surface area contributed by atoms with Crippen molar-refractivity contribution in [2.45, 2.75) is 51.6 Å². The average Bonchev–Trinajstić information content (AvgIpc) is 3.41. The third-order valence-electron chi connectivity index (χ3n) is 8.03. The Kier molecular flexibility index (Phi) is 7.08. The molecule has 216 valence electrons. The first-order valence-corrected chi connectivity index (χ1v) is 15.3. The zero-order chi connectivity index (χ0) is 29.7. The molecule has 4 aromatic rings. The summed E-state index contributed by atoms with van der Waals surface area (Å²) in [6.45, 7) is 8.09. The standard InChI is InChI=1S/C33H32BFO6S/c1-32(2)33(3,4)41-34(40-32)25-11-13-26(14-12-25)37-31(38-27-15-17-28(18-16-27)39-42(5,35)36)23-10-19-30-24(21-23)20-22-8-6-7-9-29(22)30/h6-19,21,31H,5,20H2,1-4H3. The molecule has 2 aliphatic rings. The largest absolute Gasteiger partial charge is 0.494 e. The second kappa shape index (κ2) is 10.5. The van der Waals surface area contributed by atoms with Crippen LogP contribution in [0, 0.1) is 0 Å². The Labute approximate surface area is 247 Å². The predicted octanol–water partition coefficient (Wildman–Crippen LogP) is 6.61. The van der Waals surface area contributed by atoms with Crippen LogP contribution < -0.4 is 19.1 Å². The van der Waals surface area contributed by atoms with Crippen molar-refractivity contribution in [3.05, 3.63) is 108 Å². The Morgan fingerprint density at radius 1 is 0.786 bits per heavy atom. The predicted molar refractivity (Wildman–Crippen MR) is 164 cm³/mol. The molecule has 2 unspecified atom stereocenters. The number of hydrogen-bond acceptors (Lipinski definition) is 6. The van der Waals surface area contributed by atoms with Crippen molar-refractivity contribution < 1.29 is 31.1 Å². The molecule has 9 heteroatoms. The summed E-state index contributed by atoms with van der Waals surface area (Å²) < 4.78 is 54.5. The highest BCUT2D eigenvalue weighted by molar-refractivity contribution is 7.91. The van der Waals surface area contributed by atoms with Gasteiger partial charge in [0.05, 0.1) is 11.2 Å². The van der Waals surface area contributed by atoms with Gasteiger partial charge in [0, 0.05) is 11.4 Å². The van der Waals surface area contributed by atoms with Crippen LogP contribution in [0.2, 0.25) is 0 Å². The monoisotopic (exact) mass is 586 g/mol. The molecule has 0 aromatic heterocycles. The van der Waals surface area contributed by atoms with E-state index in [4.69, 9.17) is 23.0 Å². The van der Waals surface area contributed by atoms with Gasteiger partial charge in [0.15, 0.2) is 0 Å². The van der Waals surface area contributed by atoms with E-state index < -0.39 is 34.8 Å². The first-order chi connectivity index (χ1) is 19.9.